The molecule has 0 bridgehead atoms. The summed E-state index contributed by atoms with van der Waals surface area (Å²) in [6.07, 6.45) is 5.58. The van der Waals surface area contributed by atoms with Crippen LogP contribution in [0.25, 0.3) is 0 Å². The molecule has 8 heteroatoms. The van der Waals surface area contributed by atoms with Crippen LogP contribution in [0.5, 0.6) is 11.5 Å². The van der Waals surface area contributed by atoms with E-state index in [-0.39, 0.29) is 49.4 Å². The smallest absolute Gasteiger partial charge is 0.243 e. The fourth-order valence-corrected chi connectivity index (χ4v) is 4.53. The largest absolute Gasteiger partial charge is 0.454 e. The standard InChI is InChI=1S/C23H31N3O5/c1-14(2)21(23(29)24-16-6-4-3-5-7-16)25-22(28)15-10-20(27)26(12-15)17-8-9-18-19(11-17)31-13-30-18/h8-9,11,14-16,21H,3-7,10,12-13H2,1-2H3,(H,24,29)(H,25,28). The van der Waals surface area contributed by atoms with Crippen molar-refractivity contribution in [2.45, 2.75) is 64.5 Å². The molecule has 1 aliphatic carbocycles. The van der Waals surface area contributed by atoms with Gasteiger partial charge in [0.2, 0.25) is 24.5 Å². The maximum atomic E-state index is 13.0. The normalized spacial score (nSPS) is 22.0. The fraction of sp³-hybridized carbons (Fsp3) is 0.609. The number of anilines is 1. The molecule has 31 heavy (non-hydrogen) atoms. The Morgan fingerprint density at radius 3 is 2.58 bits per heavy atom. The van der Waals surface area contributed by atoms with Gasteiger partial charge in [-0.3, -0.25) is 14.4 Å². The van der Waals surface area contributed by atoms with Crippen molar-refractivity contribution in [3.63, 3.8) is 0 Å². The first-order chi connectivity index (χ1) is 14.9. The number of carbonyl (C=O) groups is 3. The average molecular weight is 430 g/mol. The van der Waals surface area contributed by atoms with Gasteiger partial charge in [-0.1, -0.05) is 33.1 Å². The summed E-state index contributed by atoms with van der Waals surface area (Å²) in [5.41, 5.74) is 0.681. The lowest BCUT2D eigenvalue weighted by Crippen LogP contribution is -2.53. The highest BCUT2D eigenvalue weighted by atomic mass is 16.7. The maximum absolute atomic E-state index is 13.0. The summed E-state index contributed by atoms with van der Waals surface area (Å²) in [4.78, 5) is 40.0. The van der Waals surface area contributed by atoms with E-state index >= 15 is 0 Å². The highest BCUT2D eigenvalue weighted by Gasteiger charge is 2.37. The van der Waals surface area contributed by atoms with Crippen LogP contribution in [0.3, 0.4) is 0 Å². The molecule has 2 unspecified atom stereocenters. The Morgan fingerprint density at radius 2 is 1.84 bits per heavy atom. The third-order valence-corrected chi connectivity index (χ3v) is 6.36. The summed E-state index contributed by atoms with van der Waals surface area (Å²) in [6, 6.07) is 4.90. The molecular formula is C23H31N3O5. The summed E-state index contributed by atoms with van der Waals surface area (Å²) in [6.45, 7) is 4.28. The number of hydrogen-bond donors (Lipinski definition) is 2. The molecule has 2 heterocycles. The van der Waals surface area contributed by atoms with E-state index in [9.17, 15) is 14.4 Å². The molecule has 0 aromatic heterocycles. The molecule has 2 atom stereocenters. The lowest BCUT2D eigenvalue weighted by Gasteiger charge is -2.28. The second kappa shape index (κ2) is 9.16. The monoisotopic (exact) mass is 429 g/mol. The number of rotatable bonds is 6. The van der Waals surface area contributed by atoms with Crippen molar-refractivity contribution in [1.29, 1.82) is 0 Å². The molecule has 1 saturated carbocycles. The van der Waals surface area contributed by atoms with E-state index in [0.717, 1.165) is 25.7 Å². The van der Waals surface area contributed by atoms with Crippen LogP contribution in [-0.2, 0) is 14.4 Å². The van der Waals surface area contributed by atoms with Gasteiger partial charge in [-0.05, 0) is 30.9 Å². The number of amides is 3. The SMILES string of the molecule is CC(C)C(NC(=O)C1CC(=O)N(c2ccc3c(c2)OCO3)C1)C(=O)NC1CCCCC1. The summed E-state index contributed by atoms with van der Waals surface area (Å²) in [5.74, 6) is 0.190. The van der Waals surface area contributed by atoms with Crippen LogP contribution in [0.2, 0.25) is 0 Å². The number of fused-ring (bicyclic) bond motifs is 1. The number of carbonyl (C=O) groups excluding carboxylic acids is 3. The van der Waals surface area contributed by atoms with Crippen LogP contribution in [0.15, 0.2) is 18.2 Å². The molecule has 3 aliphatic rings. The van der Waals surface area contributed by atoms with E-state index in [4.69, 9.17) is 9.47 Å². The lowest BCUT2D eigenvalue weighted by molar-refractivity contribution is -0.132. The quantitative estimate of drug-likeness (QED) is 0.724. The Balaban J connectivity index is 1.37. The zero-order valence-corrected chi connectivity index (χ0v) is 18.2. The first-order valence-electron chi connectivity index (χ1n) is 11.2. The predicted octanol–water partition coefficient (Wildman–Crippen LogP) is 2.36. The molecule has 2 N–H and O–H groups in total. The Morgan fingerprint density at radius 1 is 1.10 bits per heavy atom. The number of nitrogens with zero attached hydrogens (tertiary/aromatic N) is 1. The van der Waals surface area contributed by atoms with Gasteiger partial charge in [0.15, 0.2) is 11.5 Å². The van der Waals surface area contributed by atoms with Gasteiger partial charge in [0, 0.05) is 30.8 Å². The van der Waals surface area contributed by atoms with E-state index in [1.807, 2.05) is 13.8 Å². The molecule has 168 valence electrons. The minimum absolute atomic E-state index is 0.0467. The van der Waals surface area contributed by atoms with E-state index < -0.39 is 12.0 Å². The van der Waals surface area contributed by atoms with Crippen molar-refractivity contribution in [3.8, 4) is 11.5 Å². The summed E-state index contributed by atoms with van der Waals surface area (Å²) in [7, 11) is 0. The van der Waals surface area contributed by atoms with Gasteiger partial charge < -0.3 is 25.0 Å². The second-order valence-electron chi connectivity index (χ2n) is 9.02. The zero-order chi connectivity index (χ0) is 22.0. The van der Waals surface area contributed by atoms with Gasteiger partial charge in [-0.15, -0.1) is 0 Å². The molecule has 0 spiro atoms. The van der Waals surface area contributed by atoms with Gasteiger partial charge in [-0.2, -0.15) is 0 Å². The molecule has 1 saturated heterocycles. The van der Waals surface area contributed by atoms with Crippen LogP contribution >= 0.6 is 0 Å². The molecule has 2 aliphatic heterocycles. The number of ether oxygens (including phenoxy) is 2. The summed E-state index contributed by atoms with van der Waals surface area (Å²) < 4.78 is 10.7. The van der Waals surface area contributed by atoms with Crippen molar-refractivity contribution in [2.24, 2.45) is 11.8 Å². The molecule has 4 rings (SSSR count). The molecule has 0 radical (unpaired) electrons. The van der Waals surface area contributed by atoms with Crippen molar-refractivity contribution in [1.82, 2.24) is 10.6 Å². The Labute approximate surface area is 182 Å². The average Bonchev–Trinajstić information content (AvgIpc) is 3.38. The highest BCUT2D eigenvalue weighted by Crippen LogP contribution is 2.37. The van der Waals surface area contributed by atoms with Gasteiger partial charge in [0.1, 0.15) is 6.04 Å². The maximum Gasteiger partial charge on any atom is 0.243 e. The van der Waals surface area contributed by atoms with Crippen molar-refractivity contribution < 1.29 is 23.9 Å². The first kappa shape index (κ1) is 21.5. The van der Waals surface area contributed by atoms with Crippen LogP contribution in [0.1, 0.15) is 52.4 Å². The number of nitrogens with one attached hydrogen (secondary N) is 2. The van der Waals surface area contributed by atoms with Crippen molar-refractivity contribution in [3.05, 3.63) is 18.2 Å². The van der Waals surface area contributed by atoms with E-state index in [1.54, 1.807) is 23.1 Å². The van der Waals surface area contributed by atoms with Crippen LogP contribution < -0.4 is 25.0 Å². The van der Waals surface area contributed by atoms with E-state index in [0.29, 0.717) is 17.2 Å². The Kier molecular flexibility index (Phi) is 6.34. The second-order valence-corrected chi connectivity index (χ2v) is 9.02. The molecule has 1 aromatic rings. The van der Waals surface area contributed by atoms with Crippen LogP contribution in [-0.4, -0.2) is 43.1 Å². The van der Waals surface area contributed by atoms with E-state index in [2.05, 4.69) is 10.6 Å². The molecule has 8 nitrogen and oxygen atoms in total. The highest BCUT2D eigenvalue weighted by molar-refractivity contribution is 6.01. The topological polar surface area (TPSA) is 97.0 Å². The van der Waals surface area contributed by atoms with Gasteiger partial charge in [0.25, 0.3) is 0 Å². The summed E-state index contributed by atoms with van der Waals surface area (Å²) >= 11 is 0. The molecule has 1 aromatic carbocycles. The molecule has 2 fully saturated rings. The summed E-state index contributed by atoms with van der Waals surface area (Å²) in [5, 5.41) is 6.01. The minimum Gasteiger partial charge on any atom is -0.454 e. The number of benzene rings is 1. The van der Waals surface area contributed by atoms with Gasteiger partial charge in [-0.25, -0.2) is 0 Å². The number of hydrogen-bond acceptors (Lipinski definition) is 5. The molecule has 3 amide bonds. The van der Waals surface area contributed by atoms with Gasteiger partial charge in [0.05, 0.1) is 5.92 Å². The predicted molar refractivity (Wildman–Crippen MR) is 115 cm³/mol. The van der Waals surface area contributed by atoms with Crippen LogP contribution in [0.4, 0.5) is 5.69 Å². The fourth-order valence-electron chi connectivity index (χ4n) is 4.53. The zero-order valence-electron chi connectivity index (χ0n) is 18.2. The first-order valence-corrected chi connectivity index (χ1v) is 11.2. The minimum atomic E-state index is -0.607. The molecular weight excluding hydrogens is 398 g/mol. The van der Waals surface area contributed by atoms with Crippen molar-refractivity contribution >= 4 is 23.4 Å². The van der Waals surface area contributed by atoms with E-state index in [1.165, 1.54) is 6.42 Å². The lowest BCUT2D eigenvalue weighted by atomic mass is 9.94. The third-order valence-electron chi connectivity index (χ3n) is 6.36. The van der Waals surface area contributed by atoms with Crippen molar-refractivity contribution in [2.75, 3.05) is 18.2 Å². The van der Waals surface area contributed by atoms with Crippen LogP contribution in [0, 0.1) is 11.8 Å². The third kappa shape index (κ3) is 4.78. The van der Waals surface area contributed by atoms with Gasteiger partial charge >= 0.3 is 0 Å². The Bertz CT molecular complexity index is 850. The Hall–Kier alpha value is -2.77.